The molecule has 0 spiro atoms. The van der Waals surface area contributed by atoms with Crippen molar-refractivity contribution >= 4 is 23.4 Å². The Kier molecular flexibility index (Phi) is 6.94. The number of benzene rings is 1. The van der Waals surface area contributed by atoms with Gasteiger partial charge < -0.3 is 15.0 Å². The van der Waals surface area contributed by atoms with Gasteiger partial charge in [0.05, 0.1) is 31.1 Å². The lowest BCUT2D eigenvalue weighted by atomic mass is 9.99. The monoisotopic (exact) mass is 440 g/mol. The predicted molar refractivity (Wildman–Crippen MR) is 123 cm³/mol. The molecular formula is C23H32N6O3. The smallest absolute Gasteiger partial charge is 0.324 e. The summed E-state index contributed by atoms with van der Waals surface area (Å²) in [5.41, 5.74) is 0.595. The van der Waals surface area contributed by atoms with E-state index >= 15 is 0 Å². The fourth-order valence-electron chi connectivity index (χ4n) is 4.65. The van der Waals surface area contributed by atoms with E-state index < -0.39 is 0 Å². The summed E-state index contributed by atoms with van der Waals surface area (Å²) in [6, 6.07) is 8.84. The molecule has 4 rings (SSSR count). The van der Waals surface area contributed by atoms with Crippen LogP contribution in [0.4, 0.5) is 16.3 Å². The van der Waals surface area contributed by atoms with E-state index in [1.807, 2.05) is 28.8 Å². The number of anilines is 2. The van der Waals surface area contributed by atoms with Gasteiger partial charge in [0.25, 0.3) is 0 Å². The Morgan fingerprint density at radius 2 is 1.81 bits per heavy atom. The van der Waals surface area contributed by atoms with Gasteiger partial charge in [-0.2, -0.15) is 5.10 Å². The fraction of sp³-hybridized carbons (Fsp3) is 0.522. The number of piperidine rings is 2. The van der Waals surface area contributed by atoms with Gasteiger partial charge in [0.15, 0.2) is 0 Å². The molecule has 32 heavy (non-hydrogen) atoms. The molecule has 3 heterocycles. The van der Waals surface area contributed by atoms with Crippen molar-refractivity contribution in [2.75, 3.05) is 44.4 Å². The minimum absolute atomic E-state index is 0.0147. The Hall–Kier alpha value is -3.07. The number of para-hydroxylation sites is 2. The molecule has 3 amide bonds. The van der Waals surface area contributed by atoms with Crippen molar-refractivity contribution in [3.63, 3.8) is 0 Å². The average Bonchev–Trinajstić information content (AvgIpc) is 3.27. The molecule has 2 N–H and O–H groups in total. The standard InChI is InChI=1S/C23H32N6O3/c1-27-14-6-5-8-19(27)22(30)28-15-11-17(12-16-28)29-21(10-13-24-29)26-23(31)25-18-7-3-4-9-20(18)32-2/h3-4,7,9-10,13,17,19H,5-6,8,11-12,14-16H2,1-2H3,(H2,25,26,31). The Morgan fingerprint density at radius 3 is 2.56 bits per heavy atom. The van der Waals surface area contributed by atoms with E-state index in [-0.39, 0.29) is 24.0 Å². The second-order valence-electron chi connectivity index (χ2n) is 8.49. The molecule has 0 bridgehead atoms. The van der Waals surface area contributed by atoms with Gasteiger partial charge in [0, 0.05) is 19.2 Å². The van der Waals surface area contributed by atoms with Gasteiger partial charge in [-0.15, -0.1) is 0 Å². The number of carbonyl (C=O) groups is 2. The van der Waals surface area contributed by atoms with Crippen LogP contribution in [0.5, 0.6) is 5.75 Å². The number of likely N-dealkylation sites (tertiary alicyclic amines) is 2. The molecule has 2 aliphatic heterocycles. The average molecular weight is 441 g/mol. The maximum Gasteiger partial charge on any atom is 0.324 e. The first kappa shape index (κ1) is 22.1. The molecule has 9 heteroatoms. The SMILES string of the molecule is COc1ccccc1NC(=O)Nc1ccnn1C1CCN(C(=O)C2CCCCN2C)CC1. The van der Waals surface area contributed by atoms with E-state index in [1.165, 1.54) is 6.42 Å². The molecule has 2 saturated heterocycles. The topological polar surface area (TPSA) is 91.7 Å². The van der Waals surface area contributed by atoms with E-state index in [0.29, 0.717) is 30.3 Å². The number of nitrogens with one attached hydrogen (secondary N) is 2. The summed E-state index contributed by atoms with van der Waals surface area (Å²) in [4.78, 5) is 29.7. The number of hydrogen-bond donors (Lipinski definition) is 2. The molecule has 1 atom stereocenters. The molecule has 1 aromatic heterocycles. The predicted octanol–water partition coefficient (Wildman–Crippen LogP) is 3.18. The van der Waals surface area contributed by atoms with Gasteiger partial charge >= 0.3 is 6.03 Å². The van der Waals surface area contributed by atoms with E-state index in [9.17, 15) is 9.59 Å². The molecule has 2 aromatic rings. The largest absolute Gasteiger partial charge is 0.495 e. The Balaban J connectivity index is 1.34. The maximum atomic E-state index is 13.0. The Bertz CT molecular complexity index is 937. The highest BCUT2D eigenvalue weighted by atomic mass is 16.5. The van der Waals surface area contributed by atoms with Crippen LogP contribution in [0, 0.1) is 0 Å². The number of likely N-dealkylation sites (N-methyl/N-ethyl adjacent to an activating group) is 1. The molecule has 0 aliphatic carbocycles. The van der Waals surface area contributed by atoms with Gasteiger partial charge in [-0.1, -0.05) is 18.6 Å². The van der Waals surface area contributed by atoms with Crippen LogP contribution in [0.25, 0.3) is 0 Å². The third-order valence-corrected chi connectivity index (χ3v) is 6.44. The van der Waals surface area contributed by atoms with Gasteiger partial charge in [0.2, 0.25) is 5.91 Å². The number of aromatic nitrogens is 2. The summed E-state index contributed by atoms with van der Waals surface area (Å²) < 4.78 is 7.14. The number of hydrogen-bond acceptors (Lipinski definition) is 5. The first-order chi connectivity index (χ1) is 15.6. The van der Waals surface area contributed by atoms with Gasteiger partial charge in [-0.3, -0.25) is 15.0 Å². The molecule has 2 aliphatic rings. The lowest BCUT2D eigenvalue weighted by Crippen LogP contribution is -2.51. The van der Waals surface area contributed by atoms with Crippen molar-refractivity contribution in [2.45, 2.75) is 44.2 Å². The van der Waals surface area contributed by atoms with Crippen LogP contribution in [0.2, 0.25) is 0 Å². The molecule has 0 radical (unpaired) electrons. The van der Waals surface area contributed by atoms with Crippen LogP contribution >= 0.6 is 0 Å². The fourth-order valence-corrected chi connectivity index (χ4v) is 4.65. The minimum Gasteiger partial charge on any atom is -0.495 e. The number of nitrogens with zero attached hydrogens (tertiary/aromatic N) is 4. The number of carbonyl (C=O) groups excluding carboxylic acids is 2. The van der Waals surface area contributed by atoms with Crippen LogP contribution in [-0.2, 0) is 4.79 Å². The summed E-state index contributed by atoms with van der Waals surface area (Å²) in [7, 11) is 3.61. The number of rotatable bonds is 5. The maximum absolute atomic E-state index is 13.0. The van der Waals surface area contributed by atoms with Gasteiger partial charge in [0.1, 0.15) is 11.6 Å². The first-order valence-electron chi connectivity index (χ1n) is 11.3. The highest BCUT2D eigenvalue weighted by Gasteiger charge is 2.32. The molecule has 1 unspecified atom stereocenters. The van der Waals surface area contributed by atoms with E-state index in [2.05, 4.69) is 20.6 Å². The number of methoxy groups -OCH3 is 1. The van der Waals surface area contributed by atoms with Crippen molar-refractivity contribution in [3.05, 3.63) is 36.5 Å². The van der Waals surface area contributed by atoms with Gasteiger partial charge in [-0.25, -0.2) is 9.48 Å². The molecule has 1 aromatic carbocycles. The van der Waals surface area contributed by atoms with Crippen LogP contribution in [-0.4, -0.2) is 71.4 Å². The van der Waals surface area contributed by atoms with E-state index in [0.717, 1.165) is 32.2 Å². The van der Waals surface area contributed by atoms with Crippen molar-refractivity contribution in [3.8, 4) is 5.75 Å². The Morgan fingerprint density at radius 1 is 1.03 bits per heavy atom. The Labute approximate surface area is 188 Å². The summed E-state index contributed by atoms with van der Waals surface area (Å²) in [5, 5.41) is 10.1. The molecular weight excluding hydrogens is 408 g/mol. The number of ether oxygens (including phenoxy) is 1. The summed E-state index contributed by atoms with van der Waals surface area (Å²) in [5.74, 6) is 1.48. The quantitative estimate of drug-likeness (QED) is 0.745. The summed E-state index contributed by atoms with van der Waals surface area (Å²) in [6.07, 6.45) is 6.55. The van der Waals surface area contributed by atoms with Crippen LogP contribution < -0.4 is 15.4 Å². The zero-order valence-electron chi connectivity index (χ0n) is 18.8. The first-order valence-corrected chi connectivity index (χ1v) is 11.3. The minimum atomic E-state index is -0.357. The lowest BCUT2D eigenvalue weighted by Gasteiger charge is -2.38. The lowest BCUT2D eigenvalue weighted by molar-refractivity contribution is -0.139. The normalized spacial score (nSPS) is 20.1. The van der Waals surface area contributed by atoms with Crippen molar-refractivity contribution < 1.29 is 14.3 Å². The van der Waals surface area contributed by atoms with Crippen molar-refractivity contribution in [1.29, 1.82) is 0 Å². The highest BCUT2D eigenvalue weighted by Crippen LogP contribution is 2.28. The third kappa shape index (κ3) is 4.88. The van der Waals surface area contributed by atoms with Crippen LogP contribution in [0.1, 0.15) is 38.1 Å². The second-order valence-corrected chi connectivity index (χ2v) is 8.49. The number of amides is 3. The molecule has 172 valence electrons. The second kappa shape index (κ2) is 10.0. The summed E-state index contributed by atoms with van der Waals surface area (Å²) >= 11 is 0. The van der Waals surface area contributed by atoms with Crippen molar-refractivity contribution in [1.82, 2.24) is 19.6 Å². The zero-order chi connectivity index (χ0) is 22.5. The molecule has 9 nitrogen and oxygen atoms in total. The van der Waals surface area contributed by atoms with Crippen molar-refractivity contribution in [2.24, 2.45) is 0 Å². The number of urea groups is 1. The summed E-state index contributed by atoms with van der Waals surface area (Å²) in [6.45, 7) is 2.41. The van der Waals surface area contributed by atoms with Crippen LogP contribution in [0.3, 0.4) is 0 Å². The van der Waals surface area contributed by atoms with Gasteiger partial charge in [-0.05, 0) is 51.4 Å². The molecule has 0 saturated carbocycles. The highest BCUT2D eigenvalue weighted by molar-refractivity contribution is 6.00. The van der Waals surface area contributed by atoms with E-state index in [4.69, 9.17) is 4.74 Å². The van der Waals surface area contributed by atoms with Crippen LogP contribution in [0.15, 0.2) is 36.5 Å². The van der Waals surface area contributed by atoms with E-state index in [1.54, 1.807) is 31.5 Å². The zero-order valence-corrected chi connectivity index (χ0v) is 18.8. The molecule has 2 fully saturated rings. The third-order valence-electron chi connectivity index (χ3n) is 6.44.